The molecule has 0 spiro atoms. The van der Waals surface area contributed by atoms with Gasteiger partial charge >= 0.3 is 6.03 Å². The Kier molecular flexibility index (Phi) is 7.44. The van der Waals surface area contributed by atoms with Crippen LogP contribution >= 0.6 is 12.4 Å². The van der Waals surface area contributed by atoms with Gasteiger partial charge in [0.2, 0.25) is 5.91 Å². The van der Waals surface area contributed by atoms with Crippen molar-refractivity contribution in [3.05, 3.63) is 29.8 Å². The summed E-state index contributed by atoms with van der Waals surface area (Å²) in [5.74, 6) is -0.311. The number of nitrogens with two attached hydrogens (primary N) is 1. The number of hydrogen-bond acceptors (Lipinski definition) is 4. The molecule has 1 aromatic carbocycles. The second kappa shape index (κ2) is 9.57. The molecule has 3 rings (SSSR count). The molecule has 0 aromatic heterocycles. The highest BCUT2D eigenvalue weighted by molar-refractivity contribution is 5.97. The lowest BCUT2D eigenvalue weighted by Gasteiger charge is -2.32. The Hall–Kier alpha value is -2.32. The Morgan fingerprint density at radius 3 is 2.59 bits per heavy atom. The van der Waals surface area contributed by atoms with E-state index in [2.05, 4.69) is 10.6 Å². The first kappa shape index (κ1) is 21.0. The maximum absolute atomic E-state index is 12.8. The Bertz CT molecular complexity index is 682. The number of amides is 4. The van der Waals surface area contributed by atoms with E-state index in [-0.39, 0.29) is 36.2 Å². The standard InChI is InChI=1S/C18H25N5O3.ClH/c19-7-8-20-16(24)14-2-1-10-22(12-14)17(25)13-3-5-15(6-4-13)23-11-9-21-18(23)26;/h3-6,14H,1-2,7-12,19H2,(H,20,24)(H,21,26);1H. The van der Waals surface area contributed by atoms with Gasteiger partial charge in [-0.25, -0.2) is 4.79 Å². The molecule has 27 heavy (non-hydrogen) atoms. The van der Waals surface area contributed by atoms with E-state index in [0.29, 0.717) is 44.8 Å². The first-order chi connectivity index (χ1) is 12.6. The first-order valence-electron chi connectivity index (χ1n) is 9.02. The summed E-state index contributed by atoms with van der Waals surface area (Å²) in [7, 11) is 0. The number of anilines is 1. The number of likely N-dealkylation sites (tertiary alicyclic amines) is 1. The van der Waals surface area contributed by atoms with E-state index in [1.807, 2.05) is 0 Å². The van der Waals surface area contributed by atoms with E-state index in [9.17, 15) is 14.4 Å². The molecule has 8 nitrogen and oxygen atoms in total. The minimum Gasteiger partial charge on any atom is -0.355 e. The van der Waals surface area contributed by atoms with Gasteiger partial charge in [0.15, 0.2) is 0 Å². The van der Waals surface area contributed by atoms with E-state index in [1.165, 1.54) is 0 Å². The van der Waals surface area contributed by atoms with Gasteiger partial charge in [0.25, 0.3) is 5.91 Å². The molecule has 2 aliphatic heterocycles. The number of halogens is 1. The van der Waals surface area contributed by atoms with Crippen molar-refractivity contribution in [3.63, 3.8) is 0 Å². The van der Waals surface area contributed by atoms with Crippen LogP contribution in [0.1, 0.15) is 23.2 Å². The normalized spacial score (nSPS) is 19.3. The lowest BCUT2D eigenvalue weighted by Crippen LogP contribution is -2.46. The van der Waals surface area contributed by atoms with E-state index >= 15 is 0 Å². The van der Waals surface area contributed by atoms with Gasteiger partial charge in [-0.3, -0.25) is 14.5 Å². The second-order valence-electron chi connectivity index (χ2n) is 6.60. The van der Waals surface area contributed by atoms with Crippen molar-refractivity contribution in [1.82, 2.24) is 15.5 Å². The van der Waals surface area contributed by atoms with Gasteiger partial charge in [0.05, 0.1) is 5.92 Å². The number of nitrogens with zero attached hydrogens (tertiary/aromatic N) is 2. The highest BCUT2D eigenvalue weighted by Gasteiger charge is 2.29. The zero-order chi connectivity index (χ0) is 18.5. The Morgan fingerprint density at radius 1 is 1.22 bits per heavy atom. The van der Waals surface area contributed by atoms with Crippen molar-refractivity contribution in [2.24, 2.45) is 11.7 Å². The maximum atomic E-state index is 12.8. The quantitative estimate of drug-likeness (QED) is 0.677. The van der Waals surface area contributed by atoms with Crippen LogP contribution < -0.4 is 21.3 Å². The number of urea groups is 1. The molecule has 1 unspecified atom stereocenters. The van der Waals surface area contributed by atoms with Gasteiger partial charge in [0.1, 0.15) is 0 Å². The van der Waals surface area contributed by atoms with E-state index < -0.39 is 0 Å². The van der Waals surface area contributed by atoms with E-state index in [0.717, 1.165) is 18.5 Å². The molecule has 4 N–H and O–H groups in total. The number of carbonyl (C=O) groups is 3. The minimum absolute atomic E-state index is 0. The molecule has 2 aliphatic rings. The van der Waals surface area contributed by atoms with Gasteiger partial charge in [-0.2, -0.15) is 0 Å². The Labute approximate surface area is 164 Å². The van der Waals surface area contributed by atoms with Crippen molar-refractivity contribution >= 4 is 35.9 Å². The zero-order valence-electron chi connectivity index (χ0n) is 15.1. The molecule has 4 amide bonds. The Balaban J connectivity index is 0.00000261. The van der Waals surface area contributed by atoms with Crippen LogP contribution in [-0.4, -0.2) is 62.0 Å². The minimum atomic E-state index is -0.188. The van der Waals surface area contributed by atoms with Crippen LogP contribution in [0.15, 0.2) is 24.3 Å². The summed E-state index contributed by atoms with van der Waals surface area (Å²) in [5, 5.41) is 5.55. The van der Waals surface area contributed by atoms with Crippen LogP contribution in [0.3, 0.4) is 0 Å². The maximum Gasteiger partial charge on any atom is 0.321 e. The smallest absolute Gasteiger partial charge is 0.321 e. The highest BCUT2D eigenvalue weighted by atomic mass is 35.5. The third-order valence-corrected chi connectivity index (χ3v) is 4.81. The number of nitrogens with one attached hydrogen (secondary N) is 2. The molecule has 2 fully saturated rings. The molecule has 2 saturated heterocycles. The third-order valence-electron chi connectivity index (χ3n) is 4.81. The molecule has 1 aromatic rings. The third kappa shape index (κ3) is 4.90. The Morgan fingerprint density at radius 2 is 1.96 bits per heavy atom. The summed E-state index contributed by atoms with van der Waals surface area (Å²) in [6.45, 7) is 3.18. The van der Waals surface area contributed by atoms with Crippen molar-refractivity contribution < 1.29 is 14.4 Å². The average molecular weight is 396 g/mol. The van der Waals surface area contributed by atoms with Crippen LogP contribution in [0.25, 0.3) is 0 Å². The molecular formula is C18H26ClN5O3. The van der Waals surface area contributed by atoms with Gasteiger partial charge < -0.3 is 21.3 Å². The summed E-state index contributed by atoms with van der Waals surface area (Å²) in [6.07, 6.45) is 1.58. The van der Waals surface area contributed by atoms with Crippen LogP contribution in [-0.2, 0) is 4.79 Å². The molecule has 0 aliphatic carbocycles. The lowest BCUT2D eigenvalue weighted by atomic mass is 9.96. The summed E-state index contributed by atoms with van der Waals surface area (Å²) < 4.78 is 0. The van der Waals surface area contributed by atoms with Gasteiger partial charge in [-0.05, 0) is 37.1 Å². The molecule has 0 radical (unpaired) electrons. The van der Waals surface area contributed by atoms with Crippen LogP contribution in [0.2, 0.25) is 0 Å². The highest BCUT2D eigenvalue weighted by Crippen LogP contribution is 2.21. The predicted molar refractivity (Wildman–Crippen MR) is 105 cm³/mol. The second-order valence-corrected chi connectivity index (χ2v) is 6.60. The van der Waals surface area contributed by atoms with Gasteiger partial charge in [-0.15, -0.1) is 12.4 Å². The van der Waals surface area contributed by atoms with Gasteiger partial charge in [-0.1, -0.05) is 0 Å². The molecule has 0 bridgehead atoms. The molecule has 2 heterocycles. The van der Waals surface area contributed by atoms with Crippen molar-refractivity contribution in [2.45, 2.75) is 12.8 Å². The number of benzene rings is 1. The molecule has 0 saturated carbocycles. The fraction of sp³-hybridized carbons (Fsp3) is 0.500. The number of hydrogen-bond donors (Lipinski definition) is 3. The van der Waals surface area contributed by atoms with Crippen LogP contribution in [0.4, 0.5) is 10.5 Å². The number of carbonyl (C=O) groups excluding carboxylic acids is 3. The fourth-order valence-electron chi connectivity index (χ4n) is 3.40. The monoisotopic (exact) mass is 395 g/mol. The first-order valence-corrected chi connectivity index (χ1v) is 9.02. The average Bonchev–Trinajstić information content (AvgIpc) is 3.11. The van der Waals surface area contributed by atoms with Crippen LogP contribution in [0.5, 0.6) is 0 Å². The van der Waals surface area contributed by atoms with Crippen molar-refractivity contribution in [3.8, 4) is 0 Å². The predicted octanol–water partition coefficient (Wildman–Crippen LogP) is 0.565. The van der Waals surface area contributed by atoms with E-state index in [4.69, 9.17) is 5.73 Å². The summed E-state index contributed by atoms with van der Waals surface area (Å²) >= 11 is 0. The molecule has 9 heteroatoms. The topological polar surface area (TPSA) is 108 Å². The number of piperidine rings is 1. The van der Waals surface area contributed by atoms with Crippen molar-refractivity contribution in [2.75, 3.05) is 44.2 Å². The molecule has 1 atom stereocenters. The number of rotatable bonds is 5. The summed E-state index contributed by atoms with van der Waals surface area (Å²) in [5.41, 5.74) is 6.75. The van der Waals surface area contributed by atoms with Gasteiger partial charge in [0, 0.05) is 50.5 Å². The molecule has 148 valence electrons. The largest absolute Gasteiger partial charge is 0.355 e. The fourth-order valence-corrected chi connectivity index (χ4v) is 3.40. The zero-order valence-corrected chi connectivity index (χ0v) is 16.0. The SMILES string of the molecule is Cl.NCCNC(=O)C1CCCN(C(=O)c2ccc(N3CCNC3=O)cc2)C1. The van der Waals surface area contributed by atoms with E-state index in [1.54, 1.807) is 34.1 Å². The van der Waals surface area contributed by atoms with Crippen LogP contribution in [0, 0.1) is 5.92 Å². The lowest BCUT2D eigenvalue weighted by molar-refractivity contribution is -0.126. The molecular weight excluding hydrogens is 370 g/mol. The summed E-state index contributed by atoms with van der Waals surface area (Å²) in [4.78, 5) is 40.0. The summed E-state index contributed by atoms with van der Waals surface area (Å²) in [6, 6.07) is 6.93. The van der Waals surface area contributed by atoms with Crippen molar-refractivity contribution in [1.29, 1.82) is 0 Å².